The lowest BCUT2D eigenvalue weighted by Crippen LogP contribution is -2.17. The molecule has 8 heteroatoms. The molecule has 0 spiro atoms. The van der Waals surface area contributed by atoms with Crippen molar-refractivity contribution >= 4 is 28.8 Å². The van der Waals surface area contributed by atoms with Gasteiger partial charge < -0.3 is 11.1 Å². The number of nitrogen functional groups attached to an aromatic ring is 1. The number of nitrogens with zero attached hydrogens (tertiary/aromatic N) is 3. The largest absolute Gasteiger partial charge is 0.368 e. The molecule has 2 heterocycles. The van der Waals surface area contributed by atoms with Crippen LogP contribution in [0.4, 0.5) is 17.5 Å². The number of hydrogen-bond donors (Lipinski definition) is 2. The van der Waals surface area contributed by atoms with Crippen molar-refractivity contribution in [2.75, 3.05) is 11.1 Å². The van der Waals surface area contributed by atoms with Crippen LogP contribution in [0.15, 0.2) is 17.6 Å². The summed E-state index contributed by atoms with van der Waals surface area (Å²) in [6.45, 7) is 0. The van der Waals surface area contributed by atoms with E-state index in [1.165, 1.54) is 10.4 Å². The lowest BCUT2D eigenvalue weighted by Gasteiger charge is -2.23. The third kappa shape index (κ3) is 2.29. The van der Waals surface area contributed by atoms with Gasteiger partial charge in [0.25, 0.3) is 0 Å². The van der Waals surface area contributed by atoms with Crippen LogP contribution < -0.4 is 11.1 Å². The fraction of sp³-hybridized carbons (Fsp3) is 0.333. The minimum atomic E-state index is -0.501. The molecule has 1 atom stereocenters. The van der Waals surface area contributed by atoms with Crippen LogP contribution in [-0.2, 0) is 6.42 Å². The molecule has 0 amide bonds. The van der Waals surface area contributed by atoms with Crippen LogP contribution >= 0.6 is 11.3 Å². The third-order valence-corrected chi connectivity index (χ3v) is 4.34. The number of rotatable bonds is 3. The van der Waals surface area contributed by atoms with Gasteiger partial charge in [0.15, 0.2) is 0 Å². The van der Waals surface area contributed by atoms with Crippen molar-refractivity contribution in [1.82, 2.24) is 9.97 Å². The topological polar surface area (TPSA) is 107 Å². The van der Waals surface area contributed by atoms with Crippen molar-refractivity contribution in [2.24, 2.45) is 0 Å². The normalized spacial score (nSPS) is 17.5. The molecule has 0 aliphatic heterocycles. The zero-order valence-corrected chi connectivity index (χ0v) is 11.4. The number of aromatic nitrogens is 2. The molecule has 0 saturated heterocycles. The van der Waals surface area contributed by atoms with E-state index in [2.05, 4.69) is 21.4 Å². The summed E-state index contributed by atoms with van der Waals surface area (Å²) in [4.78, 5) is 19.5. The molecule has 0 fully saturated rings. The summed E-state index contributed by atoms with van der Waals surface area (Å²) in [5.74, 6) is 0.214. The van der Waals surface area contributed by atoms with E-state index < -0.39 is 4.92 Å². The second kappa shape index (κ2) is 5.04. The van der Waals surface area contributed by atoms with Crippen LogP contribution in [0, 0.1) is 10.1 Å². The third-order valence-electron chi connectivity index (χ3n) is 3.35. The summed E-state index contributed by atoms with van der Waals surface area (Å²) >= 11 is 1.72. The van der Waals surface area contributed by atoms with Gasteiger partial charge in [-0.2, -0.15) is 4.98 Å². The molecular formula is C12H13N5O2S. The van der Waals surface area contributed by atoms with E-state index >= 15 is 0 Å². The quantitative estimate of drug-likeness (QED) is 0.664. The Balaban J connectivity index is 1.93. The molecule has 0 saturated carbocycles. The summed E-state index contributed by atoms with van der Waals surface area (Å²) in [6, 6.07) is 2.10. The Morgan fingerprint density at radius 2 is 2.40 bits per heavy atom. The first kappa shape index (κ1) is 12.8. The second-order valence-electron chi connectivity index (χ2n) is 4.61. The Morgan fingerprint density at radius 1 is 1.55 bits per heavy atom. The van der Waals surface area contributed by atoms with Crippen LogP contribution in [0.2, 0.25) is 0 Å². The maximum Gasteiger partial charge on any atom is 0.329 e. The molecule has 0 radical (unpaired) electrons. The highest BCUT2D eigenvalue weighted by molar-refractivity contribution is 7.10. The first-order chi connectivity index (χ1) is 9.65. The molecule has 1 aliphatic carbocycles. The van der Waals surface area contributed by atoms with E-state index in [4.69, 9.17) is 5.73 Å². The number of aryl methyl sites for hydroxylation is 1. The molecule has 3 rings (SSSR count). The van der Waals surface area contributed by atoms with Crippen LogP contribution in [0.1, 0.15) is 29.3 Å². The maximum absolute atomic E-state index is 11.0. The maximum atomic E-state index is 11.0. The Hall–Kier alpha value is -2.22. The lowest BCUT2D eigenvalue weighted by molar-refractivity contribution is -0.384. The fourth-order valence-electron chi connectivity index (χ4n) is 2.43. The predicted molar refractivity (Wildman–Crippen MR) is 76.7 cm³/mol. The number of hydrogen-bond acceptors (Lipinski definition) is 7. The van der Waals surface area contributed by atoms with Crippen LogP contribution in [0.5, 0.6) is 0 Å². The highest BCUT2D eigenvalue weighted by atomic mass is 32.1. The zero-order valence-electron chi connectivity index (χ0n) is 10.6. The monoisotopic (exact) mass is 291 g/mol. The molecular weight excluding hydrogens is 278 g/mol. The summed E-state index contributed by atoms with van der Waals surface area (Å²) in [7, 11) is 0. The summed E-state index contributed by atoms with van der Waals surface area (Å²) < 4.78 is 0. The summed E-state index contributed by atoms with van der Waals surface area (Å²) in [5.41, 5.74) is 6.57. The SMILES string of the molecule is Nc1ncc([N+](=O)[O-])c(NC2CCCc3sccc32)n1. The zero-order chi connectivity index (χ0) is 14.1. The highest BCUT2D eigenvalue weighted by Gasteiger charge is 2.25. The molecule has 2 aromatic rings. The minimum Gasteiger partial charge on any atom is -0.368 e. The molecule has 2 aromatic heterocycles. The number of anilines is 2. The van der Waals surface area contributed by atoms with Gasteiger partial charge in [0.05, 0.1) is 11.0 Å². The number of fused-ring (bicyclic) bond motifs is 1. The molecule has 1 unspecified atom stereocenters. The Labute approximate surface area is 119 Å². The van der Waals surface area contributed by atoms with E-state index in [1.807, 2.05) is 5.38 Å². The van der Waals surface area contributed by atoms with Crippen molar-refractivity contribution in [3.63, 3.8) is 0 Å². The second-order valence-corrected chi connectivity index (χ2v) is 5.61. The molecule has 20 heavy (non-hydrogen) atoms. The van der Waals surface area contributed by atoms with Crippen molar-refractivity contribution in [1.29, 1.82) is 0 Å². The number of nitrogens with one attached hydrogen (secondary N) is 1. The van der Waals surface area contributed by atoms with E-state index in [0.717, 1.165) is 25.5 Å². The van der Waals surface area contributed by atoms with E-state index in [0.29, 0.717) is 0 Å². The minimum absolute atomic E-state index is 0.0273. The molecule has 0 aromatic carbocycles. The van der Waals surface area contributed by atoms with Crippen molar-refractivity contribution in [2.45, 2.75) is 25.3 Å². The molecule has 1 aliphatic rings. The fourth-order valence-corrected chi connectivity index (χ4v) is 3.42. The summed E-state index contributed by atoms with van der Waals surface area (Å²) in [5, 5.41) is 16.2. The van der Waals surface area contributed by atoms with Crippen LogP contribution in [0.25, 0.3) is 0 Å². The molecule has 0 bridgehead atoms. The van der Waals surface area contributed by atoms with Gasteiger partial charge in [-0.3, -0.25) is 10.1 Å². The average molecular weight is 291 g/mol. The Kier molecular flexibility index (Phi) is 3.23. The number of nitrogens with two attached hydrogens (primary N) is 1. The average Bonchev–Trinajstić information content (AvgIpc) is 2.88. The summed E-state index contributed by atoms with van der Waals surface area (Å²) in [6.07, 6.45) is 4.19. The Bertz CT molecular complexity index is 657. The molecule has 3 N–H and O–H groups in total. The van der Waals surface area contributed by atoms with Gasteiger partial charge in [-0.25, -0.2) is 4.98 Å². The van der Waals surface area contributed by atoms with Crippen molar-refractivity contribution in [3.05, 3.63) is 38.2 Å². The van der Waals surface area contributed by atoms with Gasteiger partial charge >= 0.3 is 5.69 Å². The highest BCUT2D eigenvalue weighted by Crippen LogP contribution is 2.36. The van der Waals surface area contributed by atoms with Crippen LogP contribution in [-0.4, -0.2) is 14.9 Å². The van der Waals surface area contributed by atoms with Gasteiger partial charge in [-0.1, -0.05) is 0 Å². The van der Waals surface area contributed by atoms with Gasteiger partial charge in [-0.05, 0) is 36.3 Å². The van der Waals surface area contributed by atoms with E-state index in [9.17, 15) is 10.1 Å². The van der Waals surface area contributed by atoms with Gasteiger partial charge in [0, 0.05) is 4.88 Å². The van der Waals surface area contributed by atoms with Gasteiger partial charge in [-0.15, -0.1) is 11.3 Å². The smallest absolute Gasteiger partial charge is 0.329 e. The van der Waals surface area contributed by atoms with Gasteiger partial charge in [0.1, 0.15) is 6.20 Å². The first-order valence-corrected chi connectivity index (χ1v) is 7.13. The first-order valence-electron chi connectivity index (χ1n) is 6.25. The number of thiophene rings is 1. The standard InChI is InChI=1S/C12H13N5O2S/c13-12-14-6-9(17(18)19)11(16-12)15-8-2-1-3-10-7(8)4-5-20-10/h4-6,8H,1-3H2,(H3,13,14,15,16). The van der Waals surface area contributed by atoms with Crippen molar-refractivity contribution in [3.8, 4) is 0 Å². The van der Waals surface area contributed by atoms with Crippen molar-refractivity contribution < 1.29 is 4.92 Å². The lowest BCUT2D eigenvalue weighted by atomic mass is 9.94. The van der Waals surface area contributed by atoms with E-state index in [-0.39, 0.29) is 23.5 Å². The molecule has 104 valence electrons. The van der Waals surface area contributed by atoms with E-state index in [1.54, 1.807) is 11.3 Å². The predicted octanol–water partition coefficient (Wildman–Crippen LogP) is 2.52. The van der Waals surface area contributed by atoms with Crippen LogP contribution in [0.3, 0.4) is 0 Å². The Morgan fingerprint density at radius 3 is 3.20 bits per heavy atom. The van der Waals surface area contributed by atoms with Gasteiger partial charge in [0.2, 0.25) is 11.8 Å². The number of nitro groups is 1. The molecule has 7 nitrogen and oxygen atoms in total.